The lowest BCUT2D eigenvalue weighted by Gasteiger charge is -2.24. The molecule has 0 fully saturated rings. The van der Waals surface area contributed by atoms with Crippen molar-refractivity contribution in [1.29, 1.82) is 0 Å². The van der Waals surface area contributed by atoms with Gasteiger partial charge in [0.1, 0.15) is 11.4 Å². The average Bonchev–Trinajstić information content (AvgIpc) is 2.54. The number of hydrogen-bond acceptors (Lipinski definition) is 5. The van der Waals surface area contributed by atoms with Gasteiger partial charge in [-0.3, -0.25) is 0 Å². The number of nitrogens with zero attached hydrogens (tertiary/aromatic N) is 2. The molecule has 3 N–H and O–H groups in total. The Hall–Kier alpha value is -2.74. The second-order valence-electron chi connectivity index (χ2n) is 5.05. The highest BCUT2D eigenvalue weighted by Crippen LogP contribution is 2.20. The van der Waals surface area contributed by atoms with E-state index in [-0.39, 0.29) is 12.6 Å². The zero-order chi connectivity index (χ0) is 16.9. The number of hydrogen-bond donors (Lipinski definition) is 3. The van der Waals surface area contributed by atoms with Crippen molar-refractivity contribution >= 4 is 11.7 Å². The number of carbonyl (C=O) groups excluding carboxylic acids is 1. The lowest BCUT2D eigenvalue weighted by Crippen LogP contribution is -2.40. The summed E-state index contributed by atoms with van der Waals surface area (Å²) < 4.78 is 18.0. The quantitative estimate of drug-likeness (QED) is 0.778. The van der Waals surface area contributed by atoms with Gasteiger partial charge >= 0.3 is 12.0 Å². The zero-order valence-electron chi connectivity index (χ0n) is 12.7. The number of methoxy groups -OCH3 is 1. The predicted octanol–water partition coefficient (Wildman–Crippen LogP) is 1.65. The maximum absolute atomic E-state index is 13.2. The molecule has 0 aliphatic carbocycles. The van der Waals surface area contributed by atoms with Gasteiger partial charge in [-0.2, -0.15) is 0 Å². The van der Waals surface area contributed by atoms with Crippen molar-refractivity contribution in [2.45, 2.75) is 12.5 Å². The molecule has 7 nitrogen and oxygen atoms in total. The van der Waals surface area contributed by atoms with Crippen LogP contribution in [0.5, 0.6) is 6.01 Å². The number of ether oxygens (including phenoxy) is 1. The molecule has 2 amide bonds. The third kappa shape index (κ3) is 4.62. The summed E-state index contributed by atoms with van der Waals surface area (Å²) in [6, 6.07) is 5.22. The SMILES string of the molecule is COc1ncc(NC(=O)NCC(C)(O)c2cccc(F)c2)cn1. The number of rotatable bonds is 5. The fourth-order valence-corrected chi connectivity index (χ4v) is 1.84. The molecule has 0 saturated heterocycles. The number of aromatic nitrogens is 2. The van der Waals surface area contributed by atoms with E-state index in [1.165, 1.54) is 44.6 Å². The van der Waals surface area contributed by atoms with Gasteiger partial charge in [-0.05, 0) is 24.6 Å². The number of amides is 2. The standard InChI is InChI=1S/C15H17FN4O3/c1-15(22,10-4-3-5-11(16)6-10)9-19-13(21)20-12-7-17-14(23-2)18-8-12/h3-8,22H,9H2,1-2H3,(H2,19,20,21). The molecule has 1 aromatic heterocycles. The van der Waals surface area contributed by atoms with E-state index < -0.39 is 17.4 Å². The van der Waals surface area contributed by atoms with Crippen molar-refractivity contribution in [3.05, 3.63) is 48.0 Å². The summed E-state index contributed by atoms with van der Waals surface area (Å²) in [5, 5.41) is 15.4. The smallest absolute Gasteiger partial charge is 0.319 e. The Balaban J connectivity index is 1.92. The van der Waals surface area contributed by atoms with E-state index in [0.717, 1.165) is 0 Å². The maximum Gasteiger partial charge on any atom is 0.319 e. The number of halogens is 1. The van der Waals surface area contributed by atoms with Crippen molar-refractivity contribution in [3.63, 3.8) is 0 Å². The Labute approximate surface area is 132 Å². The van der Waals surface area contributed by atoms with Gasteiger partial charge in [-0.15, -0.1) is 0 Å². The predicted molar refractivity (Wildman–Crippen MR) is 81.6 cm³/mol. The third-order valence-electron chi connectivity index (χ3n) is 3.11. The first-order chi connectivity index (χ1) is 10.9. The second kappa shape index (κ2) is 7.01. The summed E-state index contributed by atoms with van der Waals surface area (Å²) in [5.41, 5.74) is -0.671. The highest BCUT2D eigenvalue weighted by molar-refractivity contribution is 5.88. The molecule has 2 rings (SSSR count). The van der Waals surface area contributed by atoms with Gasteiger partial charge in [0.05, 0.1) is 31.7 Å². The minimum Gasteiger partial charge on any atom is -0.467 e. The number of carbonyl (C=O) groups is 1. The van der Waals surface area contributed by atoms with Crippen LogP contribution in [-0.4, -0.2) is 34.8 Å². The van der Waals surface area contributed by atoms with Crippen LogP contribution in [0.2, 0.25) is 0 Å². The molecule has 122 valence electrons. The van der Waals surface area contributed by atoms with Crippen LogP contribution in [0.3, 0.4) is 0 Å². The minimum atomic E-state index is -1.41. The van der Waals surface area contributed by atoms with Crippen molar-refractivity contribution < 1.29 is 19.0 Å². The number of urea groups is 1. The molecule has 1 heterocycles. The molecular formula is C15H17FN4O3. The largest absolute Gasteiger partial charge is 0.467 e. The molecule has 2 aromatic rings. The van der Waals surface area contributed by atoms with Gasteiger partial charge in [0, 0.05) is 0 Å². The molecule has 0 bridgehead atoms. The molecule has 1 unspecified atom stereocenters. The van der Waals surface area contributed by atoms with Crippen molar-refractivity contribution in [1.82, 2.24) is 15.3 Å². The number of aliphatic hydroxyl groups is 1. The second-order valence-corrected chi connectivity index (χ2v) is 5.05. The Morgan fingerprint density at radius 2 is 2.09 bits per heavy atom. The highest BCUT2D eigenvalue weighted by Gasteiger charge is 2.24. The van der Waals surface area contributed by atoms with Crippen LogP contribution >= 0.6 is 0 Å². The topological polar surface area (TPSA) is 96.4 Å². The molecule has 0 aliphatic rings. The van der Waals surface area contributed by atoms with Crippen LogP contribution in [0.15, 0.2) is 36.7 Å². The van der Waals surface area contributed by atoms with Crippen LogP contribution < -0.4 is 15.4 Å². The summed E-state index contributed by atoms with van der Waals surface area (Å²) >= 11 is 0. The van der Waals surface area contributed by atoms with E-state index in [0.29, 0.717) is 11.3 Å². The Kier molecular flexibility index (Phi) is 5.07. The van der Waals surface area contributed by atoms with Gasteiger partial charge in [0.25, 0.3) is 0 Å². The third-order valence-corrected chi connectivity index (χ3v) is 3.11. The van der Waals surface area contributed by atoms with Gasteiger partial charge in [-0.25, -0.2) is 19.2 Å². The molecule has 23 heavy (non-hydrogen) atoms. The van der Waals surface area contributed by atoms with Crippen molar-refractivity contribution in [3.8, 4) is 6.01 Å². The lowest BCUT2D eigenvalue weighted by molar-refractivity contribution is 0.0596. The monoisotopic (exact) mass is 320 g/mol. The van der Waals surface area contributed by atoms with Crippen LogP contribution in [0.4, 0.5) is 14.9 Å². The number of anilines is 1. The van der Waals surface area contributed by atoms with Gasteiger partial charge < -0.3 is 20.5 Å². The van der Waals surface area contributed by atoms with Crippen molar-refractivity contribution in [2.24, 2.45) is 0 Å². The lowest BCUT2D eigenvalue weighted by atomic mass is 9.96. The first-order valence-electron chi connectivity index (χ1n) is 6.80. The minimum absolute atomic E-state index is 0.0979. The van der Waals surface area contributed by atoms with Crippen LogP contribution in [0.25, 0.3) is 0 Å². The zero-order valence-corrected chi connectivity index (χ0v) is 12.7. The fourth-order valence-electron chi connectivity index (χ4n) is 1.84. The summed E-state index contributed by atoms with van der Waals surface area (Å²) in [5.74, 6) is -0.456. The van der Waals surface area contributed by atoms with Crippen LogP contribution in [0.1, 0.15) is 12.5 Å². The average molecular weight is 320 g/mol. The molecule has 1 aromatic carbocycles. The molecule has 0 spiro atoms. The van der Waals surface area contributed by atoms with E-state index >= 15 is 0 Å². The number of nitrogens with one attached hydrogen (secondary N) is 2. The van der Waals surface area contributed by atoms with Gasteiger partial charge in [-0.1, -0.05) is 12.1 Å². The summed E-state index contributed by atoms with van der Waals surface area (Å²) in [6.07, 6.45) is 2.77. The molecule has 0 saturated carbocycles. The van der Waals surface area contributed by atoms with E-state index in [1.807, 2.05) is 0 Å². The van der Waals surface area contributed by atoms with E-state index in [2.05, 4.69) is 20.6 Å². The normalized spacial score (nSPS) is 13.0. The van der Waals surface area contributed by atoms with Crippen LogP contribution in [0, 0.1) is 5.82 Å². The highest BCUT2D eigenvalue weighted by atomic mass is 19.1. The molecule has 0 aliphatic heterocycles. The van der Waals surface area contributed by atoms with Crippen molar-refractivity contribution in [2.75, 3.05) is 19.0 Å². The Morgan fingerprint density at radius 1 is 1.39 bits per heavy atom. The Bertz CT molecular complexity index is 677. The first kappa shape index (κ1) is 16.6. The molecular weight excluding hydrogens is 303 g/mol. The summed E-state index contributed by atoms with van der Waals surface area (Å²) in [4.78, 5) is 19.5. The van der Waals surface area contributed by atoms with E-state index in [4.69, 9.17) is 4.74 Å². The van der Waals surface area contributed by atoms with Crippen LogP contribution in [-0.2, 0) is 5.60 Å². The van der Waals surface area contributed by atoms with Gasteiger partial charge in [0.2, 0.25) is 0 Å². The number of benzene rings is 1. The summed E-state index contributed by atoms with van der Waals surface area (Å²) in [6.45, 7) is 1.39. The Morgan fingerprint density at radius 3 is 2.70 bits per heavy atom. The molecule has 8 heteroatoms. The first-order valence-corrected chi connectivity index (χ1v) is 6.80. The van der Waals surface area contributed by atoms with E-state index in [9.17, 15) is 14.3 Å². The maximum atomic E-state index is 13.2. The fraction of sp³-hybridized carbons (Fsp3) is 0.267. The van der Waals surface area contributed by atoms with Gasteiger partial charge in [0.15, 0.2) is 0 Å². The summed E-state index contributed by atoms with van der Waals surface area (Å²) in [7, 11) is 1.43. The molecule has 0 radical (unpaired) electrons. The van der Waals surface area contributed by atoms with E-state index in [1.54, 1.807) is 6.07 Å². The molecule has 1 atom stereocenters.